The number of rotatable bonds is 3. The largest absolute Gasteiger partial charge is 0.495 e. The molecule has 0 aliphatic heterocycles. The van der Waals surface area contributed by atoms with Crippen molar-refractivity contribution in [2.75, 3.05) is 7.11 Å². The summed E-state index contributed by atoms with van der Waals surface area (Å²) in [5.74, 6) is 0.779. The van der Waals surface area contributed by atoms with Crippen molar-refractivity contribution >= 4 is 43.8 Å². The lowest BCUT2D eigenvalue weighted by Gasteiger charge is -2.08. The first kappa shape index (κ1) is 15.3. The summed E-state index contributed by atoms with van der Waals surface area (Å²) in [4.78, 5) is 4.52. The smallest absolute Gasteiger partial charge is 0.141 e. The van der Waals surface area contributed by atoms with Crippen molar-refractivity contribution in [2.45, 2.75) is 13.8 Å². The van der Waals surface area contributed by atoms with Crippen molar-refractivity contribution in [2.24, 2.45) is 4.99 Å². The van der Waals surface area contributed by atoms with E-state index < -0.39 is 0 Å². The number of nitrogens with zero attached hydrogens (tertiary/aromatic N) is 1. The first-order valence-electron chi connectivity index (χ1n) is 6.15. The topological polar surface area (TPSA) is 21.6 Å². The summed E-state index contributed by atoms with van der Waals surface area (Å²) < 4.78 is 7.28. The second kappa shape index (κ2) is 6.55. The van der Waals surface area contributed by atoms with Gasteiger partial charge in [-0.05, 0) is 65.2 Å². The van der Waals surface area contributed by atoms with E-state index in [-0.39, 0.29) is 0 Å². The van der Waals surface area contributed by atoms with Crippen LogP contribution in [0.15, 0.2) is 44.3 Å². The fourth-order valence-electron chi connectivity index (χ4n) is 1.84. The van der Waals surface area contributed by atoms with E-state index in [9.17, 15) is 0 Å². The Morgan fingerprint density at radius 3 is 2.45 bits per heavy atom. The van der Waals surface area contributed by atoms with Gasteiger partial charge in [-0.15, -0.1) is 0 Å². The number of aryl methyl sites for hydroxylation is 2. The van der Waals surface area contributed by atoms with E-state index in [2.05, 4.69) is 62.8 Å². The monoisotopic (exact) mass is 395 g/mol. The van der Waals surface area contributed by atoms with Gasteiger partial charge >= 0.3 is 0 Å². The maximum atomic E-state index is 5.40. The van der Waals surface area contributed by atoms with E-state index in [1.165, 1.54) is 11.1 Å². The molecule has 0 N–H and O–H groups in total. The van der Waals surface area contributed by atoms with Crippen LogP contribution in [0.4, 0.5) is 5.69 Å². The zero-order chi connectivity index (χ0) is 14.7. The highest BCUT2D eigenvalue weighted by atomic mass is 79.9. The Morgan fingerprint density at radius 2 is 1.80 bits per heavy atom. The summed E-state index contributed by atoms with van der Waals surface area (Å²) in [6.45, 7) is 4.18. The summed E-state index contributed by atoms with van der Waals surface area (Å²) in [5, 5.41) is 0. The lowest BCUT2D eigenvalue weighted by molar-refractivity contribution is 0.411. The molecule has 2 nitrogen and oxygen atoms in total. The molecule has 0 saturated heterocycles. The molecule has 2 rings (SSSR count). The highest BCUT2D eigenvalue weighted by Gasteiger charge is 2.07. The zero-order valence-electron chi connectivity index (χ0n) is 11.6. The molecular formula is C16H15Br2NO. The third-order valence-corrected chi connectivity index (χ3v) is 4.13. The highest BCUT2D eigenvalue weighted by molar-refractivity contribution is 9.11. The van der Waals surface area contributed by atoms with E-state index in [1.54, 1.807) is 7.11 Å². The van der Waals surface area contributed by atoms with Gasteiger partial charge in [0.1, 0.15) is 5.75 Å². The Labute approximate surface area is 136 Å². The van der Waals surface area contributed by atoms with Crippen LogP contribution < -0.4 is 4.74 Å². The van der Waals surface area contributed by atoms with Gasteiger partial charge < -0.3 is 4.74 Å². The van der Waals surface area contributed by atoms with E-state index in [4.69, 9.17) is 4.74 Å². The van der Waals surface area contributed by atoms with Gasteiger partial charge in [-0.25, -0.2) is 0 Å². The molecule has 0 unspecified atom stereocenters. The van der Waals surface area contributed by atoms with E-state index in [1.807, 2.05) is 24.4 Å². The van der Waals surface area contributed by atoms with Crippen molar-refractivity contribution in [3.63, 3.8) is 0 Å². The molecule has 4 heteroatoms. The first-order chi connectivity index (χ1) is 9.51. The molecule has 0 bridgehead atoms. The molecule has 20 heavy (non-hydrogen) atoms. The van der Waals surface area contributed by atoms with Crippen LogP contribution in [-0.2, 0) is 0 Å². The maximum Gasteiger partial charge on any atom is 0.141 e. The van der Waals surface area contributed by atoms with Gasteiger partial charge in [0.15, 0.2) is 0 Å². The normalized spacial score (nSPS) is 11.1. The summed E-state index contributed by atoms with van der Waals surface area (Å²) in [6.07, 6.45) is 1.82. The number of aliphatic imine (C=N–C) groups is 1. The molecule has 0 atom stereocenters. The third-order valence-electron chi connectivity index (χ3n) is 3.08. The molecule has 0 radical (unpaired) electrons. The Kier molecular flexibility index (Phi) is 5.00. The number of methoxy groups -OCH3 is 1. The van der Waals surface area contributed by atoms with Crippen LogP contribution in [0, 0.1) is 13.8 Å². The van der Waals surface area contributed by atoms with Crippen LogP contribution in [0.25, 0.3) is 0 Å². The number of ether oxygens (including phenoxy) is 1. The molecule has 0 heterocycles. The Hall–Kier alpha value is -1.13. The maximum absolute atomic E-state index is 5.40. The SMILES string of the molecule is COc1c(Br)cc(Br)cc1C=Nc1ccc(C)c(C)c1. The van der Waals surface area contributed by atoms with Crippen molar-refractivity contribution in [3.8, 4) is 5.75 Å². The van der Waals surface area contributed by atoms with Gasteiger partial charge in [-0.3, -0.25) is 4.99 Å². The van der Waals surface area contributed by atoms with Crippen LogP contribution in [0.1, 0.15) is 16.7 Å². The van der Waals surface area contributed by atoms with Gasteiger partial charge in [-0.2, -0.15) is 0 Å². The molecule has 0 fully saturated rings. The lowest BCUT2D eigenvalue weighted by Crippen LogP contribution is -1.92. The summed E-state index contributed by atoms with van der Waals surface area (Å²) >= 11 is 6.97. The Balaban J connectivity index is 2.38. The average molecular weight is 397 g/mol. The standard InChI is InChI=1S/C16H15Br2NO/c1-10-4-5-14(6-11(10)2)19-9-12-7-13(17)8-15(18)16(12)20-3/h4-9H,1-3H3. The minimum Gasteiger partial charge on any atom is -0.495 e. The molecular weight excluding hydrogens is 382 g/mol. The fourth-order valence-corrected chi connectivity index (χ4v) is 3.26. The molecule has 0 amide bonds. The van der Waals surface area contributed by atoms with Crippen LogP contribution >= 0.6 is 31.9 Å². The number of hydrogen-bond acceptors (Lipinski definition) is 2. The molecule has 0 aliphatic carbocycles. The van der Waals surface area contributed by atoms with Gasteiger partial charge in [0.2, 0.25) is 0 Å². The lowest BCUT2D eigenvalue weighted by atomic mass is 10.1. The van der Waals surface area contributed by atoms with E-state index in [0.717, 1.165) is 25.9 Å². The zero-order valence-corrected chi connectivity index (χ0v) is 14.7. The van der Waals surface area contributed by atoms with Gasteiger partial charge in [0.05, 0.1) is 17.3 Å². The summed E-state index contributed by atoms with van der Waals surface area (Å²) in [7, 11) is 1.65. The average Bonchev–Trinajstić information content (AvgIpc) is 2.39. The molecule has 0 aromatic heterocycles. The minimum atomic E-state index is 0.779. The molecule has 0 saturated carbocycles. The van der Waals surface area contributed by atoms with Gasteiger partial charge in [0, 0.05) is 16.3 Å². The molecule has 0 aliphatic rings. The first-order valence-corrected chi connectivity index (χ1v) is 7.74. The predicted molar refractivity (Wildman–Crippen MR) is 91.6 cm³/mol. The predicted octanol–water partition coefficient (Wildman–Crippen LogP) is 5.59. The molecule has 2 aromatic rings. The summed E-state index contributed by atoms with van der Waals surface area (Å²) in [5.41, 5.74) is 4.37. The quantitative estimate of drug-likeness (QED) is 0.619. The van der Waals surface area contributed by atoms with Crippen LogP contribution in [0.5, 0.6) is 5.75 Å². The van der Waals surface area contributed by atoms with Gasteiger partial charge in [-0.1, -0.05) is 22.0 Å². The second-order valence-electron chi connectivity index (χ2n) is 4.54. The number of halogens is 2. The van der Waals surface area contributed by atoms with Crippen molar-refractivity contribution in [1.29, 1.82) is 0 Å². The van der Waals surface area contributed by atoms with Crippen LogP contribution in [0.2, 0.25) is 0 Å². The number of benzene rings is 2. The van der Waals surface area contributed by atoms with Crippen LogP contribution in [0.3, 0.4) is 0 Å². The van der Waals surface area contributed by atoms with Crippen molar-refractivity contribution in [1.82, 2.24) is 0 Å². The fraction of sp³-hybridized carbons (Fsp3) is 0.188. The Morgan fingerprint density at radius 1 is 1.05 bits per heavy atom. The Bertz CT molecular complexity index is 666. The van der Waals surface area contributed by atoms with Crippen molar-refractivity contribution in [3.05, 3.63) is 56.0 Å². The highest BCUT2D eigenvalue weighted by Crippen LogP contribution is 2.32. The van der Waals surface area contributed by atoms with E-state index in [0.29, 0.717) is 0 Å². The molecule has 2 aromatic carbocycles. The molecule has 104 valence electrons. The van der Waals surface area contributed by atoms with E-state index >= 15 is 0 Å². The minimum absolute atomic E-state index is 0.779. The second-order valence-corrected chi connectivity index (χ2v) is 6.31. The third kappa shape index (κ3) is 3.49. The van der Waals surface area contributed by atoms with Crippen molar-refractivity contribution < 1.29 is 4.74 Å². The summed E-state index contributed by atoms with van der Waals surface area (Å²) in [6, 6.07) is 10.1. The van der Waals surface area contributed by atoms with Crippen LogP contribution in [-0.4, -0.2) is 13.3 Å². The van der Waals surface area contributed by atoms with Gasteiger partial charge in [0.25, 0.3) is 0 Å². The number of hydrogen-bond donors (Lipinski definition) is 0. The molecule has 0 spiro atoms.